The zero-order valence-corrected chi connectivity index (χ0v) is 14.0. The normalized spacial score (nSPS) is 10.8. The molecule has 0 aliphatic heterocycles. The number of aromatic nitrogens is 6. The van der Waals surface area contributed by atoms with Crippen LogP contribution in [0.15, 0.2) is 36.7 Å². The van der Waals surface area contributed by atoms with Gasteiger partial charge in [0.15, 0.2) is 23.8 Å². The van der Waals surface area contributed by atoms with Crippen LogP contribution in [0.4, 0.5) is 0 Å². The number of rotatable bonds is 4. The quantitative estimate of drug-likeness (QED) is 0.504. The van der Waals surface area contributed by atoms with E-state index in [-0.39, 0.29) is 11.6 Å². The van der Waals surface area contributed by atoms with Crippen LogP contribution in [-0.2, 0) is 14.1 Å². The summed E-state index contributed by atoms with van der Waals surface area (Å²) in [6.45, 7) is 3.01. The van der Waals surface area contributed by atoms with Crippen LogP contribution in [0, 0.1) is 0 Å². The number of aryl methyl sites for hydroxylation is 2. The molecule has 0 saturated heterocycles. The molecule has 0 bridgehead atoms. The molecule has 2 aromatic heterocycles. The minimum absolute atomic E-state index is 0.0508. The summed E-state index contributed by atoms with van der Waals surface area (Å²) in [5, 5.41) is 8.62. The van der Waals surface area contributed by atoms with Crippen molar-refractivity contribution in [2.24, 2.45) is 14.1 Å². The maximum atomic E-state index is 11.6. The lowest BCUT2D eigenvalue weighted by molar-refractivity contribution is -0.733. The Morgan fingerprint density at radius 1 is 0.875 bits per heavy atom. The summed E-state index contributed by atoms with van der Waals surface area (Å²) >= 11 is 0. The molecule has 122 valence electrons. The van der Waals surface area contributed by atoms with Gasteiger partial charge in [-0.15, -0.1) is 18.7 Å². The van der Waals surface area contributed by atoms with Gasteiger partial charge in [-0.25, -0.2) is 0 Å². The summed E-state index contributed by atoms with van der Waals surface area (Å²) in [5.41, 5.74) is 2.62. The molecule has 0 N–H and O–H groups in total. The molecule has 1 aromatic carbocycles. The predicted octanol–water partition coefficient (Wildman–Crippen LogP) is 0.112. The number of carbonyl (C=O) groups excluding carboxylic acids is 2. The summed E-state index contributed by atoms with van der Waals surface area (Å²) in [6.07, 6.45) is 3.37. The molecule has 2 heterocycles. The van der Waals surface area contributed by atoms with E-state index < -0.39 is 0 Å². The first-order valence-electron chi connectivity index (χ1n) is 7.41. The zero-order chi connectivity index (χ0) is 17.4. The average molecular weight is 326 g/mol. The van der Waals surface area contributed by atoms with Gasteiger partial charge in [0.05, 0.1) is 10.4 Å². The molecular weight excluding hydrogens is 308 g/mol. The second-order valence-electron chi connectivity index (χ2n) is 5.58. The van der Waals surface area contributed by atoms with Gasteiger partial charge >= 0.3 is 0 Å². The second kappa shape index (κ2) is 5.80. The highest BCUT2D eigenvalue weighted by Gasteiger charge is 2.21. The van der Waals surface area contributed by atoms with E-state index in [1.807, 2.05) is 24.3 Å². The first kappa shape index (κ1) is 15.7. The Balaban J connectivity index is 2.04. The van der Waals surface area contributed by atoms with E-state index in [0.29, 0.717) is 11.4 Å². The van der Waals surface area contributed by atoms with Crippen LogP contribution < -0.4 is 9.36 Å². The Hall–Kier alpha value is -3.16. The molecule has 0 aliphatic carbocycles. The van der Waals surface area contributed by atoms with Crippen LogP contribution in [0.3, 0.4) is 0 Å². The molecule has 0 atom stereocenters. The van der Waals surface area contributed by atoms with Crippen molar-refractivity contribution in [3.05, 3.63) is 48.0 Å². The summed E-state index contributed by atoms with van der Waals surface area (Å²) < 4.78 is 6.35. The molecule has 0 radical (unpaired) electrons. The Morgan fingerprint density at radius 3 is 1.62 bits per heavy atom. The van der Waals surface area contributed by atoms with Crippen molar-refractivity contribution in [1.82, 2.24) is 19.8 Å². The summed E-state index contributed by atoms with van der Waals surface area (Å²) in [5.74, 6) is -0.102. The van der Waals surface area contributed by atoms with Gasteiger partial charge in [-0.05, 0) is 12.1 Å². The van der Waals surface area contributed by atoms with Crippen molar-refractivity contribution >= 4 is 11.6 Å². The lowest BCUT2D eigenvalue weighted by Crippen LogP contribution is -2.36. The van der Waals surface area contributed by atoms with Crippen LogP contribution in [0.25, 0.3) is 11.4 Å². The van der Waals surface area contributed by atoms with Crippen molar-refractivity contribution < 1.29 is 19.0 Å². The summed E-state index contributed by atoms with van der Waals surface area (Å²) in [4.78, 5) is 23.2. The summed E-state index contributed by atoms with van der Waals surface area (Å²) in [6, 6.07) is 7.52. The molecule has 0 unspecified atom stereocenters. The number of hydrogen-bond donors (Lipinski definition) is 0. The molecule has 0 amide bonds. The molecule has 0 spiro atoms. The second-order valence-corrected chi connectivity index (χ2v) is 5.58. The highest BCUT2D eigenvalue weighted by Crippen LogP contribution is 2.13. The van der Waals surface area contributed by atoms with E-state index in [2.05, 4.69) is 10.4 Å². The molecule has 0 saturated carbocycles. The fraction of sp³-hybridized carbons (Fsp3) is 0.250. The van der Waals surface area contributed by atoms with Gasteiger partial charge < -0.3 is 0 Å². The van der Waals surface area contributed by atoms with E-state index in [1.54, 1.807) is 35.9 Å². The van der Waals surface area contributed by atoms with Gasteiger partial charge in [-0.1, -0.05) is 6.07 Å². The van der Waals surface area contributed by atoms with Crippen molar-refractivity contribution in [2.75, 3.05) is 0 Å². The first-order chi connectivity index (χ1) is 11.4. The smallest absolute Gasteiger partial charge is 0.233 e. The van der Waals surface area contributed by atoms with Gasteiger partial charge in [-0.3, -0.25) is 9.59 Å². The zero-order valence-electron chi connectivity index (χ0n) is 14.0. The molecule has 8 heteroatoms. The molecule has 8 nitrogen and oxygen atoms in total. The lowest BCUT2D eigenvalue weighted by atomic mass is 10.2. The third-order valence-corrected chi connectivity index (χ3v) is 3.73. The minimum atomic E-state index is -0.0508. The van der Waals surface area contributed by atoms with E-state index in [9.17, 15) is 9.59 Å². The van der Waals surface area contributed by atoms with E-state index >= 15 is 0 Å². The van der Waals surface area contributed by atoms with Crippen molar-refractivity contribution in [3.63, 3.8) is 0 Å². The number of nitrogens with zero attached hydrogens (tertiary/aromatic N) is 6. The Kier molecular flexibility index (Phi) is 3.80. The molecule has 3 aromatic rings. The predicted molar refractivity (Wildman–Crippen MR) is 83.0 cm³/mol. The molecule has 0 fully saturated rings. The fourth-order valence-electron chi connectivity index (χ4n) is 2.50. The molecule has 3 rings (SSSR count). The Morgan fingerprint density at radius 2 is 1.29 bits per heavy atom. The third-order valence-electron chi connectivity index (χ3n) is 3.73. The highest BCUT2D eigenvalue weighted by atomic mass is 16.1. The van der Waals surface area contributed by atoms with Crippen LogP contribution in [0.2, 0.25) is 0 Å². The number of Topliss-reactive ketones (excluding diaryl/α,β-unsaturated/α-hetero) is 2. The Bertz CT molecular complexity index is 880. The molecular formula is C16H18N6O2+2. The van der Waals surface area contributed by atoms with Crippen LogP contribution in [0.5, 0.6) is 0 Å². The topological polar surface area (TPSA) is 77.5 Å². The third kappa shape index (κ3) is 2.73. The Labute approximate surface area is 138 Å². The molecule has 0 aliphatic rings. The maximum Gasteiger partial charge on any atom is 0.233 e. The van der Waals surface area contributed by atoms with Gasteiger partial charge in [0.1, 0.15) is 14.1 Å². The highest BCUT2D eigenvalue weighted by molar-refractivity contribution is 5.90. The number of ketones is 2. The largest absolute Gasteiger partial charge is 0.290 e. The summed E-state index contributed by atoms with van der Waals surface area (Å²) in [7, 11) is 3.45. The minimum Gasteiger partial charge on any atom is -0.290 e. The fourth-order valence-corrected chi connectivity index (χ4v) is 2.50. The van der Waals surface area contributed by atoms with Crippen LogP contribution in [0.1, 0.15) is 34.8 Å². The van der Waals surface area contributed by atoms with E-state index in [1.165, 1.54) is 23.2 Å². The van der Waals surface area contributed by atoms with E-state index in [4.69, 9.17) is 0 Å². The van der Waals surface area contributed by atoms with Crippen molar-refractivity contribution in [2.45, 2.75) is 13.8 Å². The molecule has 24 heavy (non-hydrogen) atoms. The van der Waals surface area contributed by atoms with Gasteiger partial charge in [0.25, 0.3) is 0 Å². The van der Waals surface area contributed by atoms with Crippen molar-refractivity contribution in [3.8, 4) is 11.4 Å². The average Bonchev–Trinajstić information content (AvgIpc) is 3.11. The SMILES string of the molecule is CC(=O)c1cn(-c2cccc(-n3cc(C(C)=O)[n+](C)n3)c2)n[n+]1C. The standard InChI is InChI=1S/C16H18N6O2/c1-11(23)15-9-21(17-19(15)3)13-6-5-7-14(8-13)22-10-16(12(2)24)20(4)18-22/h5-10H,1-4H3/q+2. The van der Waals surface area contributed by atoms with Gasteiger partial charge in [-0.2, -0.15) is 0 Å². The van der Waals surface area contributed by atoms with Crippen LogP contribution >= 0.6 is 0 Å². The van der Waals surface area contributed by atoms with Crippen molar-refractivity contribution in [1.29, 1.82) is 0 Å². The van der Waals surface area contributed by atoms with Gasteiger partial charge in [0, 0.05) is 19.9 Å². The first-order valence-corrected chi connectivity index (χ1v) is 7.41. The lowest BCUT2D eigenvalue weighted by Gasteiger charge is -1.95. The van der Waals surface area contributed by atoms with E-state index in [0.717, 1.165) is 11.4 Å². The number of carbonyl (C=O) groups is 2. The monoisotopic (exact) mass is 326 g/mol. The maximum absolute atomic E-state index is 11.6. The number of hydrogen-bond acceptors (Lipinski definition) is 4. The number of benzene rings is 1. The van der Waals surface area contributed by atoms with Crippen LogP contribution in [-0.4, -0.2) is 31.4 Å². The van der Waals surface area contributed by atoms with Gasteiger partial charge in [0.2, 0.25) is 23.0 Å².